The summed E-state index contributed by atoms with van der Waals surface area (Å²) in [6.45, 7) is 4.57. The molecule has 3 aromatic rings. The zero-order valence-corrected chi connectivity index (χ0v) is 16.9. The molecule has 28 heavy (non-hydrogen) atoms. The maximum atomic E-state index is 12.9. The fourth-order valence-corrected chi connectivity index (χ4v) is 3.80. The highest BCUT2D eigenvalue weighted by Crippen LogP contribution is 2.30. The molecule has 0 aliphatic carbocycles. The average Bonchev–Trinajstić information content (AvgIpc) is 3.08. The van der Waals surface area contributed by atoms with E-state index in [0.717, 1.165) is 10.2 Å². The van der Waals surface area contributed by atoms with Crippen molar-refractivity contribution in [2.45, 2.75) is 13.8 Å². The Morgan fingerprint density at radius 2 is 2.07 bits per heavy atom. The van der Waals surface area contributed by atoms with Gasteiger partial charge in [0, 0.05) is 18.7 Å². The van der Waals surface area contributed by atoms with Crippen molar-refractivity contribution in [3.63, 3.8) is 0 Å². The second-order valence-corrected chi connectivity index (χ2v) is 8.02. The summed E-state index contributed by atoms with van der Waals surface area (Å²) in [7, 11) is 0. The molecule has 0 spiro atoms. The molecule has 0 aliphatic rings. The molecule has 2 aromatic carbocycles. The Bertz CT molecular complexity index is 1030. The quantitative estimate of drug-likeness (QED) is 0.300. The van der Waals surface area contributed by atoms with Crippen LogP contribution in [-0.2, 0) is 4.79 Å². The first-order valence-electron chi connectivity index (χ1n) is 8.64. The number of fused-ring (bicyclic) bond motifs is 1. The van der Waals surface area contributed by atoms with Crippen molar-refractivity contribution in [3.05, 3.63) is 69.2 Å². The van der Waals surface area contributed by atoms with Crippen LogP contribution in [0, 0.1) is 16.0 Å². The summed E-state index contributed by atoms with van der Waals surface area (Å²) < 4.78 is 1.01. The fourth-order valence-electron chi connectivity index (χ4n) is 2.63. The van der Waals surface area contributed by atoms with Crippen LogP contribution in [0.25, 0.3) is 16.3 Å². The van der Waals surface area contributed by atoms with Gasteiger partial charge in [-0.2, -0.15) is 0 Å². The largest absolute Gasteiger partial charge is 0.288 e. The topological polar surface area (TPSA) is 76.3 Å². The van der Waals surface area contributed by atoms with Crippen LogP contribution >= 0.6 is 22.9 Å². The number of aromatic nitrogens is 1. The van der Waals surface area contributed by atoms with Gasteiger partial charge in [-0.1, -0.05) is 55.0 Å². The second-order valence-electron chi connectivity index (χ2n) is 6.61. The van der Waals surface area contributed by atoms with Crippen LogP contribution in [0.3, 0.4) is 0 Å². The summed E-state index contributed by atoms with van der Waals surface area (Å²) in [6, 6.07) is 12.1. The van der Waals surface area contributed by atoms with Crippen molar-refractivity contribution in [1.82, 2.24) is 4.98 Å². The zero-order valence-electron chi connectivity index (χ0n) is 15.3. The van der Waals surface area contributed by atoms with E-state index in [1.807, 2.05) is 38.1 Å². The maximum Gasteiger partial charge on any atom is 0.288 e. The number of thiazole rings is 1. The van der Waals surface area contributed by atoms with Gasteiger partial charge in [-0.25, -0.2) is 4.98 Å². The van der Waals surface area contributed by atoms with Gasteiger partial charge in [0.1, 0.15) is 5.02 Å². The zero-order chi connectivity index (χ0) is 20.3. The Labute approximate surface area is 171 Å². The standard InChI is InChI=1S/C20H18ClN3O3S/c1-13(2)12-23(20-22-16-5-3-4-6-18(16)28-20)19(25)10-8-14-7-9-15(21)17(11-14)24(26)27/h3-11,13H,12H2,1-2H3. The highest BCUT2D eigenvalue weighted by atomic mass is 35.5. The molecule has 3 rings (SSSR count). The Balaban J connectivity index is 1.88. The first kappa shape index (κ1) is 20.0. The van der Waals surface area contributed by atoms with Gasteiger partial charge in [0.2, 0.25) is 0 Å². The Kier molecular flexibility index (Phi) is 6.06. The lowest BCUT2D eigenvalue weighted by molar-refractivity contribution is -0.384. The molecule has 0 radical (unpaired) electrons. The van der Waals surface area contributed by atoms with Crippen LogP contribution in [0.4, 0.5) is 10.8 Å². The molecule has 0 N–H and O–H groups in total. The number of halogens is 1. The SMILES string of the molecule is CC(C)CN(C(=O)C=Cc1ccc(Cl)c([N+](=O)[O-])c1)c1nc2ccccc2s1. The number of carbonyl (C=O) groups excluding carboxylic acids is 1. The normalized spacial score (nSPS) is 11.4. The predicted octanol–water partition coefficient (Wildman–Crippen LogP) is 5.56. The number of rotatable bonds is 6. The van der Waals surface area contributed by atoms with E-state index in [9.17, 15) is 14.9 Å². The minimum Gasteiger partial charge on any atom is -0.284 e. The number of anilines is 1. The number of amides is 1. The van der Waals surface area contributed by atoms with Crippen LogP contribution in [0.1, 0.15) is 19.4 Å². The van der Waals surface area contributed by atoms with E-state index >= 15 is 0 Å². The number of nitro benzene ring substituents is 1. The molecule has 6 nitrogen and oxygen atoms in total. The first-order valence-corrected chi connectivity index (χ1v) is 9.83. The summed E-state index contributed by atoms with van der Waals surface area (Å²) in [4.78, 5) is 29.5. The Morgan fingerprint density at radius 1 is 1.32 bits per heavy atom. The third-order valence-corrected chi connectivity index (χ3v) is 5.29. The van der Waals surface area contributed by atoms with Gasteiger partial charge in [0.25, 0.3) is 11.6 Å². The number of hydrogen-bond acceptors (Lipinski definition) is 5. The molecular formula is C20H18ClN3O3S. The van der Waals surface area contributed by atoms with E-state index in [-0.39, 0.29) is 22.5 Å². The second kappa shape index (κ2) is 8.50. The Morgan fingerprint density at radius 3 is 2.75 bits per heavy atom. The fraction of sp³-hybridized carbons (Fsp3) is 0.200. The molecular weight excluding hydrogens is 398 g/mol. The third-order valence-electron chi connectivity index (χ3n) is 3.91. The summed E-state index contributed by atoms with van der Waals surface area (Å²) in [5, 5.41) is 11.7. The van der Waals surface area contributed by atoms with Gasteiger partial charge in [-0.15, -0.1) is 0 Å². The molecule has 1 aromatic heterocycles. The number of carbonyl (C=O) groups is 1. The van der Waals surface area contributed by atoms with Gasteiger partial charge < -0.3 is 0 Å². The molecule has 8 heteroatoms. The third kappa shape index (κ3) is 4.55. The van der Waals surface area contributed by atoms with Gasteiger partial charge in [0.15, 0.2) is 5.13 Å². The van der Waals surface area contributed by atoms with E-state index in [2.05, 4.69) is 4.98 Å². The lowest BCUT2D eigenvalue weighted by atomic mass is 10.1. The summed E-state index contributed by atoms with van der Waals surface area (Å²) in [6.07, 6.45) is 2.95. The van der Waals surface area contributed by atoms with Crippen LogP contribution in [-0.4, -0.2) is 22.4 Å². The number of para-hydroxylation sites is 1. The molecule has 0 aliphatic heterocycles. The number of nitrogens with zero attached hydrogens (tertiary/aromatic N) is 3. The first-order chi connectivity index (χ1) is 13.3. The minimum atomic E-state index is -0.548. The number of benzene rings is 2. The van der Waals surface area contributed by atoms with Crippen molar-refractivity contribution in [2.24, 2.45) is 5.92 Å². The van der Waals surface area contributed by atoms with Crippen molar-refractivity contribution in [3.8, 4) is 0 Å². The molecule has 0 unspecified atom stereocenters. The lowest BCUT2D eigenvalue weighted by Gasteiger charge is -2.20. The van der Waals surface area contributed by atoms with E-state index in [4.69, 9.17) is 11.6 Å². The number of nitro groups is 1. The molecule has 0 saturated carbocycles. The summed E-state index contributed by atoms with van der Waals surface area (Å²) >= 11 is 7.29. The maximum absolute atomic E-state index is 12.9. The van der Waals surface area contributed by atoms with Gasteiger partial charge in [0.05, 0.1) is 15.1 Å². The highest BCUT2D eigenvalue weighted by Gasteiger charge is 2.19. The number of hydrogen-bond donors (Lipinski definition) is 0. The van der Waals surface area contributed by atoms with E-state index in [1.54, 1.807) is 17.0 Å². The van der Waals surface area contributed by atoms with Crippen LogP contribution in [0.2, 0.25) is 5.02 Å². The molecule has 0 saturated heterocycles. The van der Waals surface area contributed by atoms with E-state index in [0.29, 0.717) is 17.2 Å². The predicted molar refractivity (Wildman–Crippen MR) is 114 cm³/mol. The van der Waals surface area contributed by atoms with E-state index < -0.39 is 4.92 Å². The molecule has 0 fully saturated rings. The van der Waals surface area contributed by atoms with Crippen molar-refractivity contribution in [2.75, 3.05) is 11.4 Å². The van der Waals surface area contributed by atoms with Gasteiger partial charge in [-0.3, -0.25) is 19.8 Å². The molecule has 0 bridgehead atoms. The Hall–Kier alpha value is -2.77. The summed E-state index contributed by atoms with van der Waals surface area (Å²) in [5.74, 6) is 0.0198. The summed E-state index contributed by atoms with van der Waals surface area (Å²) in [5.41, 5.74) is 1.18. The average molecular weight is 416 g/mol. The van der Waals surface area contributed by atoms with Crippen molar-refractivity contribution >= 4 is 56.0 Å². The van der Waals surface area contributed by atoms with Crippen LogP contribution in [0.5, 0.6) is 0 Å². The molecule has 0 atom stereocenters. The minimum absolute atomic E-state index is 0.0596. The smallest absolute Gasteiger partial charge is 0.284 e. The lowest BCUT2D eigenvalue weighted by Crippen LogP contribution is -2.32. The van der Waals surface area contributed by atoms with Crippen molar-refractivity contribution in [1.29, 1.82) is 0 Å². The molecule has 1 amide bonds. The van der Waals surface area contributed by atoms with Crippen LogP contribution in [0.15, 0.2) is 48.5 Å². The highest BCUT2D eigenvalue weighted by molar-refractivity contribution is 7.22. The van der Waals surface area contributed by atoms with Crippen LogP contribution < -0.4 is 4.90 Å². The monoisotopic (exact) mass is 415 g/mol. The van der Waals surface area contributed by atoms with Gasteiger partial charge in [-0.05, 0) is 35.8 Å². The van der Waals surface area contributed by atoms with E-state index in [1.165, 1.54) is 29.5 Å². The molecule has 1 heterocycles. The van der Waals surface area contributed by atoms with Crippen molar-refractivity contribution < 1.29 is 9.72 Å². The molecule has 144 valence electrons. The van der Waals surface area contributed by atoms with Gasteiger partial charge >= 0.3 is 0 Å².